The maximum atomic E-state index is 12.9. The molecule has 6 heteroatoms. The first-order chi connectivity index (χ1) is 38.0. The fraction of sp³-hybridized carbons (Fsp3) is 0.789. The highest BCUT2D eigenvalue weighted by Crippen LogP contribution is 2.18. The Bertz CT molecular complexity index is 1420. The Morgan fingerprint density at radius 1 is 0.286 bits per heavy atom. The van der Waals surface area contributed by atoms with Crippen molar-refractivity contribution in [3.05, 3.63) is 72.9 Å². The van der Waals surface area contributed by atoms with E-state index in [0.29, 0.717) is 12.8 Å². The number of esters is 3. The molecule has 0 spiro atoms. The van der Waals surface area contributed by atoms with Crippen molar-refractivity contribution in [1.29, 1.82) is 0 Å². The fourth-order valence-electron chi connectivity index (χ4n) is 9.75. The number of carbonyl (C=O) groups is 3. The second-order valence-electron chi connectivity index (χ2n) is 22.4. The fourth-order valence-corrected chi connectivity index (χ4v) is 9.75. The maximum Gasteiger partial charge on any atom is 0.309 e. The summed E-state index contributed by atoms with van der Waals surface area (Å²) in [6, 6.07) is 0. The Kier molecular flexibility index (Phi) is 62.7. The van der Waals surface area contributed by atoms with E-state index in [9.17, 15) is 14.4 Å². The highest BCUT2D eigenvalue weighted by molar-refractivity contribution is 5.72. The van der Waals surface area contributed by atoms with E-state index in [4.69, 9.17) is 14.2 Å². The average molecular weight is 1080 g/mol. The van der Waals surface area contributed by atoms with Gasteiger partial charge >= 0.3 is 17.9 Å². The summed E-state index contributed by atoms with van der Waals surface area (Å²) in [6.07, 6.45) is 85.2. The molecule has 0 amide bonds. The summed E-state index contributed by atoms with van der Waals surface area (Å²) in [7, 11) is 0. The molecular weight excluding hydrogens is 949 g/mol. The van der Waals surface area contributed by atoms with Gasteiger partial charge in [0.2, 0.25) is 0 Å². The summed E-state index contributed by atoms with van der Waals surface area (Å²) >= 11 is 0. The molecule has 0 rings (SSSR count). The molecule has 0 heterocycles. The third kappa shape index (κ3) is 63.6. The Balaban J connectivity index is 4.34. The normalized spacial score (nSPS) is 12.5. The van der Waals surface area contributed by atoms with Gasteiger partial charge in [-0.05, 0) is 70.6 Å². The van der Waals surface area contributed by atoms with Crippen molar-refractivity contribution in [1.82, 2.24) is 0 Å². The smallest absolute Gasteiger partial charge is 0.309 e. The standard InChI is InChI=1S/C71H126O6/c1-4-7-10-13-16-19-22-25-28-30-32-33-34-35-36-37-39-40-43-46-49-52-55-58-61-64-70(73)76-67-68(66-75-69(72)63-60-57-54-51-48-45-42-27-24-21-18-15-12-9-6-3)77-71(74)65-62-59-56-53-50-47-44-41-38-31-29-26-23-20-17-14-11-8-5-2/h9,12,18,21,26-27,29,42,48,51,57,60,68H,4-8,10-11,13-17,19-20,22-25,28,30-41,43-47,49-50,52-56,58-59,61-67H2,1-3H3/b12-9-,21-18-,29-26-,42-27-,51-48-,60-57-. The van der Waals surface area contributed by atoms with Gasteiger partial charge in [0.25, 0.3) is 0 Å². The molecule has 1 atom stereocenters. The van der Waals surface area contributed by atoms with E-state index in [-0.39, 0.29) is 31.6 Å². The van der Waals surface area contributed by atoms with Gasteiger partial charge in [-0.1, -0.05) is 325 Å². The molecule has 0 aliphatic rings. The van der Waals surface area contributed by atoms with Crippen LogP contribution >= 0.6 is 0 Å². The van der Waals surface area contributed by atoms with Crippen molar-refractivity contribution in [2.75, 3.05) is 13.2 Å². The Morgan fingerprint density at radius 2 is 0.558 bits per heavy atom. The van der Waals surface area contributed by atoms with Crippen molar-refractivity contribution in [3.63, 3.8) is 0 Å². The van der Waals surface area contributed by atoms with E-state index in [1.165, 1.54) is 231 Å². The second-order valence-corrected chi connectivity index (χ2v) is 22.4. The van der Waals surface area contributed by atoms with Gasteiger partial charge in [-0.2, -0.15) is 0 Å². The minimum absolute atomic E-state index is 0.103. The first kappa shape index (κ1) is 73.8. The van der Waals surface area contributed by atoms with Crippen LogP contribution in [-0.2, 0) is 28.6 Å². The minimum atomic E-state index is -0.816. The zero-order chi connectivity index (χ0) is 55.7. The molecule has 0 aromatic carbocycles. The van der Waals surface area contributed by atoms with Crippen LogP contribution in [0.15, 0.2) is 72.9 Å². The van der Waals surface area contributed by atoms with Crippen LogP contribution in [0.25, 0.3) is 0 Å². The topological polar surface area (TPSA) is 78.9 Å². The summed E-state index contributed by atoms with van der Waals surface area (Å²) in [4.78, 5) is 38.3. The van der Waals surface area contributed by atoms with E-state index in [0.717, 1.165) is 70.6 Å². The summed E-state index contributed by atoms with van der Waals surface area (Å²) in [5.74, 6) is -1.02. The molecule has 0 saturated heterocycles. The second kappa shape index (κ2) is 65.4. The Morgan fingerprint density at radius 3 is 0.896 bits per heavy atom. The lowest BCUT2D eigenvalue weighted by Gasteiger charge is -2.18. The molecule has 77 heavy (non-hydrogen) atoms. The predicted octanol–water partition coefficient (Wildman–Crippen LogP) is 22.9. The third-order valence-electron chi connectivity index (χ3n) is 14.7. The van der Waals surface area contributed by atoms with Crippen LogP contribution in [-0.4, -0.2) is 37.2 Å². The molecular formula is C71H126O6. The van der Waals surface area contributed by atoms with E-state index in [1.54, 1.807) is 6.08 Å². The van der Waals surface area contributed by atoms with Gasteiger partial charge in [0.1, 0.15) is 13.2 Å². The van der Waals surface area contributed by atoms with Crippen LogP contribution in [0, 0.1) is 0 Å². The number of hydrogen-bond acceptors (Lipinski definition) is 6. The number of allylic oxidation sites excluding steroid dienone is 11. The van der Waals surface area contributed by atoms with Gasteiger partial charge in [-0.3, -0.25) is 14.4 Å². The van der Waals surface area contributed by atoms with Gasteiger partial charge in [0.05, 0.1) is 6.42 Å². The van der Waals surface area contributed by atoms with Gasteiger partial charge < -0.3 is 14.2 Å². The highest BCUT2D eigenvalue weighted by atomic mass is 16.6. The Labute approximate surface area is 478 Å². The van der Waals surface area contributed by atoms with Crippen molar-refractivity contribution >= 4 is 17.9 Å². The van der Waals surface area contributed by atoms with Crippen molar-refractivity contribution in [2.45, 2.75) is 348 Å². The van der Waals surface area contributed by atoms with Gasteiger partial charge in [-0.15, -0.1) is 0 Å². The van der Waals surface area contributed by atoms with Crippen LogP contribution < -0.4 is 0 Å². The lowest BCUT2D eigenvalue weighted by Crippen LogP contribution is -2.30. The van der Waals surface area contributed by atoms with Gasteiger partial charge in [-0.25, -0.2) is 0 Å². The molecule has 1 unspecified atom stereocenters. The average Bonchev–Trinajstić information content (AvgIpc) is 3.43. The monoisotopic (exact) mass is 1070 g/mol. The molecule has 0 radical (unpaired) electrons. The van der Waals surface area contributed by atoms with Crippen LogP contribution in [0.2, 0.25) is 0 Å². The minimum Gasteiger partial charge on any atom is -0.462 e. The SMILES string of the molecule is CC/C=C\C/C=C\C/C=C\C/C=C\C/C=C\CC(=O)OCC(COC(=O)CCCCCCCCCCCCCCCCCCCCCCCCCCC)OC(=O)CCCCCCCCCCC/C=C\CCCCCCCC. The number of ether oxygens (including phenoxy) is 3. The van der Waals surface area contributed by atoms with Crippen LogP contribution in [0.3, 0.4) is 0 Å². The van der Waals surface area contributed by atoms with E-state index < -0.39 is 12.1 Å². The van der Waals surface area contributed by atoms with Gasteiger partial charge in [0.15, 0.2) is 6.10 Å². The largest absolute Gasteiger partial charge is 0.462 e. The molecule has 0 aromatic heterocycles. The first-order valence-electron chi connectivity index (χ1n) is 33.4. The zero-order valence-electron chi connectivity index (χ0n) is 51.2. The van der Waals surface area contributed by atoms with E-state index >= 15 is 0 Å². The van der Waals surface area contributed by atoms with Crippen molar-refractivity contribution < 1.29 is 28.6 Å². The molecule has 0 aromatic rings. The number of hydrogen-bond donors (Lipinski definition) is 0. The lowest BCUT2D eigenvalue weighted by atomic mass is 10.0. The predicted molar refractivity (Wildman–Crippen MR) is 335 cm³/mol. The molecule has 0 N–H and O–H groups in total. The van der Waals surface area contributed by atoms with Crippen LogP contribution in [0.4, 0.5) is 0 Å². The molecule has 0 saturated carbocycles. The van der Waals surface area contributed by atoms with Crippen LogP contribution in [0.5, 0.6) is 0 Å². The van der Waals surface area contributed by atoms with Crippen molar-refractivity contribution in [3.8, 4) is 0 Å². The van der Waals surface area contributed by atoms with Crippen LogP contribution in [0.1, 0.15) is 342 Å². The number of unbranched alkanes of at least 4 members (excludes halogenated alkanes) is 39. The quantitative estimate of drug-likeness (QED) is 0.0261. The Hall–Kier alpha value is -3.15. The molecule has 0 aliphatic carbocycles. The molecule has 446 valence electrons. The summed E-state index contributed by atoms with van der Waals surface area (Å²) < 4.78 is 16.8. The van der Waals surface area contributed by atoms with E-state index in [1.807, 2.05) is 6.08 Å². The van der Waals surface area contributed by atoms with Crippen molar-refractivity contribution in [2.24, 2.45) is 0 Å². The zero-order valence-corrected chi connectivity index (χ0v) is 51.2. The molecule has 0 aliphatic heterocycles. The van der Waals surface area contributed by atoms with Gasteiger partial charge in [0, 0.05) is 12.8 Å². The molecule has 6 nitrogen and oxygen atoms in total. The highest BCUT2D eigenvalue weighted by Gasteiger charge is 2.19. The lowest BCUT2D eigenvalue weighted by molar-refractivity contribution is -0.166. The van der Waals surface area contributed by atoms with E-state index in [2.05, 4.69) is 81.5 Å². The summed E-state index contributed by atoms with van der Waals surface area (Å²) in [5, 5.41) is 0. The third-order valence-corrected chi connectivity index (χ3v) is 14.7. The first-order valence-corrected chi connectivity index (χ1v) is 33.4. The molecule has 0 fully saturated rings. The number of rotatable bonds is 61. The molecule has 0 bridgehead atoms. The maximum absolute atomic E-state index is 12.9. The number of carbonyl (C=O) groups excluding carboxylic acids is 3. The summed E-state index contributed by atoms with van der Waals surface area (Å²) in [5.41, 5.74) is 0. The summed E-state index contributed by atoms with van der Waals surface area (Å²) in [6.45, 7) is 6.49.